The van der Waals surface area contributed by atoms with Crippen LogP contribution in [0.25, 0.3) is 0 Å². The number of anilines is 1. The fourth-order valence-electron chi connectivity index (χ4n) is 1.97. The Kier molecular flexibility index (Phi) is 6.11. The van der Waals surface area contributed by atoms with Gasteiger partial charge in [-0.25, -0.2) is 9.18 Å². The molecular formula is C19H20FNO4. The molecule has 2 rings (SSSR count). The van der Waals surface area contributed by atoms with Crippen molar-refractivity contribution in [2.75, 3.05) is 5.32 Å². The van der Waals surface area contributed by atoms with Crippen molar-refractivity contribution in [1.82, 2.24) is 0 Å². The third-order valence-electron chi connectivity index (χ3n) is 3.44. The van der Waals surface area contributed by atoms with Gasteiger partial charge < -0.3 is 14.8 Å². The number of hydrogen-bond acceptors (Lipinski definition) is 4. The van der Waals surface area contributed by atoms with Gasteiger partial charge in [-0.3, -0.25) is 4.79 Å². The average molecular weight is 345 g/mol. The Bertz CT molecular complexity index is 728. The molecule has 0 saturated carbocycles. The van der Waals surface area contributed by atoms with Crippen LogP contribution in [-0.2, 0) is 14.3 Å². The number of halogens is 1. The summed E-state index contributed by atoms with van der Waals surface area (Å²) in [5.41, 5.74) is 1.69. The number of esters is 1. The highest BCUT2D eigenvalue weighted by molar-refractivity contribution is 5.95. The summed E-state index contributed by atoms with van der Waals surface area (Å²) in [4.78, 5) is 24.1. The lowest BCUT2D eigenvalue weighted by atomic mass is 10.2. The van der Waals surface area contributed by atoms with Gasteiger partial charge in [-0.05, 0) is 57.2 Å². The van der Waals surface area contributed by atoms with E-state index >= 15 is 0 Å². The maximum atomic E-state index is 12.9. The fourth-order valence-corrected chi connectivity index (χ4v) is 1.97. The molecule has 0 radical (unpaired) electrons. The molecule has 0 bridgehead atoms. The zero-order chi connectivity index (χ0) is 18.4. The largest absolute Gasteiger partial charge is 0.479 e. The number of carbonyl (C=O) groups is 2. The first-order chi connectivity index (χ1) is 11.8. The number of benzene rings is 2. The first kappa shape index (κ1) is 18.4. The van der Waals surface area contributed by atoms with Gasteiger partial charge in [0.1, 0.15) is 11.6 Å². The van der Waals surface area contributed by atoms with Crippen molar-refractivity contribution in [2.24, 2.45) is 0 Å². The summed E-state index contributed by atoms with van der Waals surface area (Å²) in [7, 11) is 0. The molecule has 132 valence electrons. The van der Waals surface area contributed by atoms with Crippen LogP contribution in [0.2, 0.25) is 0 Å². The summed E-state index contributed by atoms with van der Waals surface area (Å²) in [5, 5.41) is 2.67. The van der Waals surface area contributed by atoms with Crippen molar-refractivity contribution in [3.8, 4) is 5.75 Å². The Labute approximate surface area is 145 Å². The Hall–Kier alpha value is -2.89. The number of amides is 1. The highest BCUT2D eigenvalue weighted by atomic mass is 19.1. The minimum absolute atomic E-state index is 0.336. The first-order valence-electron chi connectivity index (χ1n) is 7.85. The lowest BCUT2D eigenvalue weighted by Gasteiger charge is -2.18. The van der Waals surface area contributed by atoms with E-state index in [1.807, 2.05) is 19.1 Å². The van der Waals surface area contributed by atoms with Crippen molar-refractivity contribution in [2.45, 2.75) is 33.0 Å². The van der Waals surface area contributed by atoms with Crippen LogP contribution in [0.4, 0.5) is 10.1 Å². The van der Waals surface area contributed by atoms with E-state index in [9.17, 15) is 14.0 Å². The molecule has 0 aliphatic heterocycles. The molecule has 0 saturated heterocycles. The molecular weight excluding hydrogens is 325 g/mol. The molecule has 2 aromatic rings. The topological polar surface area (TPSA) is 64.6 Å². The number of rotatable bonds is 6. The third-order valence-corrected chi connectivity index (χ3v) is 3.44. The summed E-state index contributed by atoms with van der Waals surface area (Å²) in [5.74, 6) is -1.19. The number of aryl methyl sites for hydroxylation is 1. The number of hydrogen-bond donors (Lipinski definition) is 1. The van der Waals surface area contributed by atoms with Crippen molar-refractivity contribution in [1.29, 1.82) is 0 Å². The van der Waals surface area contributed by atoms with Gasteiger partial charge in [-0.2, -0.15) is 0 Å². The minimum Gasteiger partial charge on any atom is -0.479 e. The van der Waals surface area contributed by atoms with E-state index in [4.69, 9.17) is 9.47 Å². The van der Waals surface area contributed by atoms with Gasteiger partial charge >= 0.3 is 5.97 Å². The highest BCUT2D eigenvalue weighted by Gasteiger charge is 2.23. The molecule has 1 N–H and O–H groups in total. The molecule has 0 heterocycles. The Balaban J connectivity index is 1.86. The van der Waals surface area contributed by atoms with Gasteiger partial charge in [0, 0.05) is 5.69 Å². The third kappa shape index (κ3) is 5.60. The fraction of sp³-hybridized carbons (Fsp3) is 0.263. The van der Waals surface area contributed by atoms with E-state index in [-0.39, 0.29) is 0 Å². The molecule has 0 unspecified atom stereocenters. The van der Waals surface area contributed by atoms with Crippen LogP contribution < -0.4 is 10.1 Å². The minimum atomic E-state index is -0.979. The van der Waals surface area contributed by atoms with E-state index in [0.29, 0.717) is 11.4 Å². The molecule has 0 aliphatic carbocycles. The normalized spacial score (nSPS) is 12.8. The second-order valence-electron chi connectivity index (χ2n) is 5.65. The Morgan fingerprint density at radius 2 is 1.56 bits per heavy atom. The van der Waals surface area contributed by atoms with Gasteiger partial charge in [-0.15, -0.1) is 0 Å². The predicted molar refractivity (Wildman–Crippen MR) is 91.9 cm³/mol. The van der Waals surface area contributed by atoms with E-state index in [1.165, 1.54) is 38.1 Å². The highest BCUT2D eigenvalue weighted by Crippen LogP contribution is 2.14. The van der Waals surface area contributed by atoms with Gasteiger partial charge in [0.2, 0.25) is 0 Å². The zero-order valence-corrected chi connectivity index (χ0v) is 14.3. The number of ether oxygens (including phenoxy) is 2. The van der Waals surface area contributed by atoms with Crippen LogP contribution >= 0.6 is 0 Å². The lowest BCUT2D eigenvalue weighted by molar-refractivity contribution is -0.159. The van der Waals surface area contributed by atoms with Crippen molar-refractivity contribution in [3.63, 3.8) is 0 Å². The smallest absolute Gasteiger partial charge is 0.347 e. The molecule has 25 heavy (non-hydrogen) atoms. The molecule has 2 aromatic carbocycles. The maximum Gasteiger partial charge on any atom is 0.347 e. The van der Waals surface area contributed by atoms with Crippen LogP contribution in [0.1, 0.15) is 19.4 Å². The van der Waals surface area contributed by atoms with E-state index in [2.05, 4.69) is 5.32 Å². The van der Waals surface area contributed by atoms with E-state index in [1.54, 1.807) is 12.1 Å². The van der Waals surface area contributed by atoms with E-state index < -0.39 is 29.9 Å². The van der Waals surface area contributed by atoms with Crippen molar-refractivity contribution >= 4 is 17.6 Å². The number of nitrogens with one attached hydrogen (secondary N) is 1. The molecule has 0 spiro atoms. The molecule has 1 amide bonds. The summed E-state index contributed by atoms with van der Waals surface area (Å²) in [6.07, 6.45) is -1.91. The second-order valence-corrected chi connectivity index (χ2v) is 5.65. The summed E-state index contributed by atoms with van der Waals surface area (Å²) < 4.78 is 23.3. The van der Waals surface area contributed by atoms with Gasteiger partial charge in [-0.1, -0.05) is 17.7 Å². The standard InChI is InChI=1S/C19H20FNO4/c1-12-4-8-16(9-5-12)21-18(22)13(2)25-19(23)14(3)24-17-10-6-15(20)7-11-17/h4-11,13-14H,1-3H3,(H,21,22)/t13-,14-/m0/s1. The monoisotopic (exact) mass is 345 g/mol. The van der Waals surface area contributed by atoms with Crippen LogP contribution in [0.3, 0.4) is 0 Å². The van der Waals surface area contributed by atoms with Crippen molar-refractivity contribution < 1.29 is 23.5 Å². The average Bonchev–Trinajstić information content (AvgIpc) is 2.58. The molecule has 0 fully saturated rings. The number of carbonyl (C=O) groups excluding carboxylic acids is 2. The van der Waals surface area contributed by atoms with Crippen molar-refractivity contribution in [3.05, 3.63) is 59.9 Å². The van der Waals surface area contributed by atoms with Gasteiger partial charge in [0.05, 0.1) is 0 Å². The lowest BCUT2D eigenvalue weighted by Crippen LogP contribution is -2.35. The molecule has 6 heteroatoms. The predicted octanol–water partition coefficient (Wildman–Crippen LogP) is 3.47. The zero-order valence-electron chi connectivity index (χ0n) is 14.3. The van der Waals surface area contributed by atoms with Crippen LogP contribution in [0, 0.1) is 12.7 Å². The van der Waals surface area contributed by atoms with Crippen LogP contribution in [-0.4, -0.2) is 24.1 Å². The Morgan fingerprint density at radius 3 is 2.16 bits per heavy atom. The summed E-state index contributed by atoms with van der Waals surface area (Å²) >= 11 is 0. The van der Waals surface area contributed by atoms with Gasteiger partial charge in [0.15, 0.2) is 12.2 Å². The Morgan fingerprint density at radius 1 is 0.960 bits per heavy atom. The van der Waals surface area contributed by atoms with Gasteiger partial charge in [0.25, 0.3) is 5.91 Å². The second kappa shape index (κ2) is 8.28. The van der Waals surface area contributed by atoms with E-state index in [0.717, 1.165) is 5.56 Å². The molecule has 0 aliphatic rings. The SMILES string of the molecule is Cc1ccc(NC(=O)[C@H](C)OC(=O)[C@H](C)Oc2ccc(F)cc2)cc1. The summed E-state index contributed by atoms with van der Waals surface area (Å²) in [6.45, 7) is 4.92. The quantitative estimate of drug-likeness (QED) is 0.814. The van der Waals surface area contributed by atoms with Crippen LogP contribution in [0.15, 0.2) is 48.5 Å². The molecule has 2 atom stereocenters. The maximum absolute atomic E-state index is 12.9. The summed E-state index contributed by atoms with van der Waals surface area (Å²) in [6, 6.07) is 12.5. The molecule has 0 aromatic heterocycles. The molecule has 5 nitrogen and oxygen atoms in total. The first-order valence-corrected chi connectivity index (χ1v) is 7.85. The van der Waals surface area contributed by atoms with Crippen LogP contribution in [0.5, 0.6) is 5.75 Å².